The zero-order valence-corrected chi connectivity index (χ0v) is 12.9. The van der Waals surface area contributed by atoms with Gasteiger partial charge in [0, 0.05) is 18.1 Å². The molecule has 1 heterocycles. The summed E-state index contributed by atoms with van der Waals surface area (Å²) in [4.78, 5) is 11.8. The van der Waals surface area contributed by atoms with Gasteiger partial charge in [-0.05, 0) is 17.7 Å². The first kappa shape index (κ1) is 15.6. The molecule has 2 aromatic rings. The van der Waals surface area contributed by atoms with Crippen molar-refractivity contribution in [1.29, 1.82) is 0 Å². The highest BCUT2D eigenvalue weighted by Gasteiger charge is 2.07. The van der Waals surface area contributed by atoms with E-state index in [1.165, 1.54) is 11.8 Å². The summed E-state index contributed by atoms with van der Waals surface area (Å²) in [7, 11) is 0. The number of carbonyl (C=O) groups excluding carboxylic acids is 1. The molecule has 2 rings (SSSR count). The Morgan fingerprint density at radius 1 is 1.43 bits per heavy atom. The lowest BCUT2D eigenvalue weighted by Gasteiger charge is -2.06. The van der Waals surface area contributed by atoms with Crippen LogP contribution in [-0.2, 0) is 17.9 Å². The number of allylic oxidation sites excluding steroid dienone is 1. The van der Waals surface area contributed by atoms with Gasteiger partial charge in [0.15, 0.2) is 5.16 Å². The fourth-order valence-electron chi connectivity index (χ4n) is 1.60. The summed E-state index contributed by atoms with van der Waals surface area (Å²) in [6, 6.07) is 7.37. The number of carbonyl (C=O) groups is 1. The highest BCUT2D eigenvalue weighted by atomic mass is 35.5. The Hall–Kier alpha value is -1.79. The Kier molecular flexibility index (Phi) is 5.83. The van der Waals surface area contributed by atoms with E-state index < -0.39 is 0 Å². The molecule has 0 radical (unpaired) electrons. The van der Waals surface area contributed by atoms with E-state index in [1.54, 1.807) is 24.5 Å². The molecule has 1 aromatic carbocycles. The van der Waals surface area contributed by atoms with Crippen molar-refractivity contribution in [2.45, 2.75) is 18.2 Å². The third-order valence-corrected chi connectivity index (χ3v) is 3.87. The third-order valence-electron chi connectivity index (χ3n) is 2.64. The lowest BCUT2D eigenvalue weighted by molar-refractivity contribution is -0.118. The van der Waals surface area contributed by atoms with Gasteiger partial charge in [0.1, 0.15) is 6.33 Å². The number of aromatic nitrogens is 3. The van der Waals surface area contributed by atoms with Crippen LogP contribution in [0.1, 0.15) is 5.56 Å². The van der Waals surface area contributed by atoms with Gasteiger partial charge in [-0.15, -0.1) is 16.8 Å². The molecule has 0 bridgehead atoms. The molecular formula is C14H15ClN4OS. The Morgan fingerprint density at radius 3 is 2.90 bits per heavy atom. The molecular weight excluding hydrogens is 308 g/mol. The molecule has 0 saturated carbocycles. The SMILES string of the molecule is C=CCn1cnnc1SCC(=O)NCc1ccc(Cl)cc1. The predicted molar refractivity (Wildman–Crippen MR) is 84.2 cm³/mol. The molecule has 1 N–H and O–H groups in total. The maximum absolute atomic E-state index is 11.8. The monoisotopic (exact) mass is 322 g/mol. The Labute approximate surface area is 132 Å². The maximum Gasteiger partial charge on any atom is 0.230 e. The Bertz CT molecular complexity index is 612. The van der Waals surface area contributed by atoms with Crippen molar-refractivity contribution >= 4 is 29.3 Å². The van der Waals surface area contributed by atoms with E-state index in [4.69, 9.17) is 11.6 Å². The summed E-state index contributed by atoms with van der Waals surface area (Å²) >= 11 is 7.16. The fraction of sp³-hybridized carbons (Fsp3) is 0.214. The molecule has 0 aliphatic heterocycles. The van der Waals surface area contributed by atoms with Crippen molar-refractivity contribution in [3.63, 3.8) is 0 Å². The molecule has 0 atom stereocenters. The maximum atomic E-state index is 11.8. The number of amides is 1. The third kappa shape index (κ3) is 4.91. The molecule has 0 aliphatic rings. The predicted octanol–water partition coefficient (Wildman–Crippen LogP) is 2.53. The Morgan fingerprint density at radius 2 is 2.19 bits per heavy atom. The molecule has 0 aliphatic carbocycles. The Balaban J connectivity index is 1.78. The molecule has 1 aromatic heterocycles. The summed E-state index contributed by atoms with van der Waals surface area (Å²) in [5.74, 6) is 0.242. The molecule has 0 spiro atoms. The van der Waals surface area contributed by atoms with E-state index in [2.05, 4.69) is 22.1 Å². The highest BCUT2D eigenvalue weighted by Crippen LogP contribution is 2.14. The van der Waals surface area contributed by atoms with Crippen molar-refractivity contribution in [2.75, 3.05) is 5.75 Å². The van der Waals surface area contributed by atoms with Gasteiger partial charge in [-0.25, -0.2) is 0 Å². The number of hydrogen-bond donors (Lipinski definition) is 1. The standard InChI is InChI=1S/C14H15ClN4OS/c1-2-7-19-10-17-18-14(19)21-9-13(20)16-8-11-3-5-12(15)6-4-11/h2-6,10H,1,7-9H2,(H,16,20). The summed E-state index contributed by atoms with van der Waals surface area (Å²) < 4.78 is 1.84. The molecule has 5 nitrogen and oxygen atoms in total. The average molecular weight is 323 g/mol. The zero-order valence-electron chi connectivity index (χ0n) is 11.3. The zero-order chi connectivity index (χ0) is 15.1. The molecule has 0 fully saturated rings. The van der Waals surface area contributed by atoms with E-state index >= 15 is 0 Å². The first-order valence-electron chi connectivity index (χ1n) is 6.31. The van der Waals surface area contributed by atoms with E-state index in [0.717, 1.165) is 5.56 Å². The van der Waals surface area contributed by atoms with Gasteiger partial charge in [0.2, 0.25) is 5.91 Å². The summed E-state index contributed by atoms with van der Waals surface area (Å²) in [5.41, 5.74) is 1.01. The van der Waals surface area contributed by atoms with Crippen LogP contribution in [0.2, 0.25) is 5.02 Å². The van der Waals surface area contributed by atoms with Crippen LogP contribution in [0.3, 0.4) is 0 Å². The fourth-order valence-corrected chi connectivity index (χ4v) is 2.49. The van der Waals surface area contributed by atoms with Gasteiger partial charge in [0.05, 0.1) is 5.75 Å². The van der Waals surface area contributed by atoms with Gasteiger partial charge >= 0.3 is 0 Å². The van der Waals surface area contributed by atoms with E-state index in [0.29, 0.717) is 29.0 Å². The first-order chi connectivity index (χ1) is 10.2. The van der Waals surface area contributed by atoms with Crippen molar-refractivity contribution in [1.82, 2.24) is 20.1 Å². The van der Waals surface area contributed by atoms with Crippen LogP contribution in [0.25, 0.3) is 0 Å². The number of thioether (sulfide) groups is 1. The van der Waals surface area contributed by atoms with Crippen molar-refractivity contribution in [3.05, 3.63) is 53.8 Å². The lowest BCUT2D eigenvalue weighted by atomic mass is 10.2. The van der Waals surface area contributed by atoms with Gasteiger partial charge in [0.25, 0.3) is 0 Å². The normalized spacial score (nSPS) is 10.3. The van der Waals surface area contributed by atoms with Gasteiger partial charge in [-0.3, -0.25) is 4.79 Å². The number of nitrogens with one attached hydrogen (secondary N) is 1. The minimum Gasteiger partial charge on any atom is -0.351 e. The molecule has 0 unspecified atom stereocenters. The quantitative estimate of drug-likeness (QED) is 0.628. The molecule has 7 heteroatoms. The number of benzene rings is 1. The van der Waals surface area contributed by atoms with E-state index in [-0.39, 0.29) is 5.91 Å². The van der Waals surface area contributed by atoms with Gasteiger partial charge in [-0.2, -0.15) is 0 Å². The largest absolute Gasteiger partial charge is 0.351 e. The van der Waals surface area contributed by atoms with Crippen LogP contribution >= 0.6 is 23.4 Å². The number of nitrogens with zero attached hydrogens (tertiary/aromatic N) is 3. The van der Waals surface area contributed by atoms with Crippen molar-refractivity contribution in [2.24, 2.45) is 0 Å². The minimum atomic E-state index is -0.0527. The van der Waals surface area contributed by atoms with Crippen LogP contribution in [0, 0.1) is 0 Å². The molecule has 1 amide bonds. The van der Waals surface area contributed by atoms with Crippen LogP contribution in [0.5, 0.6) is 0 Å². The molecule has 21 heavy (non-hydrogen) atoms. The molecule has 110 valence electrons. The summed E-state index contributed by atoms with van der Waals surface area (Å²) in [6.07, 6.45) is 3.38. The summed E-state index contributed by atoms with van der Waals surface area (Å²) in [5, 5.41) is 12.0. The van der Waals surface area contributed by atoms with Gasteiger partial charge < -0.3 is 9.88 Å². The summed E-state index contributed by atoms with van der Waals surface area (Å²) in [6.45, 7) is 4.78. The van der Waals surface area contributed by atoms with Crippen molar-refractivity contribution in [3.8, 4) is 0 Å². The second kappa shape index (κ2) is 7.85. The number of halogens is 1. The van der Waals surface area contributed by atoms with Crippen LogP contribution < -0.4 is 5.32 Å². The van der Waals surface area contributed by atoms with Crippen LogP contribution in [-0.4, -0.2) is 26.4 Å². The van der Waals surface area contributed by atoms with Crippen LogP contribution in [0.4, 0.5) is 0 Å². The lowest BCUT2D eigenvalue weighted by Crippen LogP contribution is -2.24. The highest BCUT2D eigenvalue weighted by molar-refractivity contribution is 7.99. The van der Waals surface area contributed by atoms with Crippen molar-refractivity contribution < 1.29 is 4.79 Å². The average Bonchev–Trinajstić information content (AvgIpc) is 2.92. The number of hydrogen-bond acceptors (Lipinski definition) is 4. The second-order valence-electron chi connectivity index (χ2n) is 4.25. The first-order valence-corrected chi connectivity index (χ1v) is 7.68. The van der Waals surface area contributed by atoms with E-state index in [1.807, 2.05) is 16.7 Å². The smallest absolute Gasteiger partial charge is 0.230 e. The van der Waals surface area contributed by atoms with Crippen LogP contribution in [0.15, 0.2) is 48.4 Å². The number of rotatable bonds is 7. The van der Waals surface area contributed by atoms with E-state index in [9.17, 15) is 4.79 Å². The minimum absolute atomic E-state index is 0.0527. The topological polar surface area (TPSA) is 59.8 Å². The second-order valence-corrected chi connectivity index (χ2v) is 5.63. The van der Waals surface area contributed by atoms with Gasteiger partial charge in [-0.1, -0.05) is 41.6 Å². The molecule has 0 saturated heterocycles.